The highest BCUT2D eigenvalue weighted by Crippen LogP contribution is 2.31. The maximum absolute atomic E-state index is 14.1. The fourth-order valence-electron chi connectivity index (χ4n) is 3.83. The molecule has 2 aromatic heterocycles. The van der Waals surface area contributed by atoms with E-state index in [2.05, 4.69) is 22.2 Å². The molecule has 150 valence electrons. The number of aromatic nitrogens is 2. The van der Waals surface area contributed by atoms with Crippen LogP contribution in [0.2, 0.25) is 0 Å². The number of carbonyl (C=O) groups is 1. The third-order valence-corrected chi connectivity index (χ3v) is 5.48. The molecule has 0 aliphatic carbocycles. The molecule has 1 aromatic carbocycles. The molecule has 3 heterocycles. The maximum Gasteiger partial charge on any atom is 0.257 e. The lowest BCUT2D eigenvalue weighted by Crippen LogP contribution is -2.39. The number of aryl methyl sites for hydroxylation is 2. The average molecular weight is 392 g/mol. The molecule has 0 bridgehead atoms. The van der Waals surface area contributed by atoms with Gasteiger partial charge in [0.1, 0.15) is 5.82 Å². The molecular weight excluding hydrogens is 367 g/mol. The second kappa shape index (κ2) is 7.78. The molecule has 6 heteroatoms. The normalized spacial score (nSPS) is 16.8. The Bertz CT molecular complexity index is 1080. The van der Waals surface area contributed by atoms with Gasteiger partial charge in [-0.2, -0.15) is 0 Å². The molecule has 1 fully saturated rings. The summed E-state index contributed by atoms with van der Waals surface area (Å²) in [4.78, 5) is 24.2. The summed E-state index contributed by atoms with van der Waals surface area (Å²) in [5.74, 6) is 0.134. The van der Waals surface area contributed by atoms with E-state index in [4.69, 9.17) is 0 Å². The SMILES string of the molecule is Cc1ccc2c(Nc3ccc(C)c(F)c3)c(C(=O)N3CCC[C@@H](C)C3)cnc2n1. The Morgan fingerprint density at radius 3 is 2.83 bits per heavy atom. The molecule has 3 aromatic rings. The zero-order valence-electron chi connectivity index (χ0n) is 17.0. The third-order valence-electron chi connectivity index (χ3n) is 5.48. The standard InChI is InChI=1S/C23H25FN4O/c1-14-5-4-10-28(13-14)23(29)19-12-25-22-18(9-7-16(3)26-22)21(19)27-17-8-6-15(2)20(24)11-17/h6-9,11-12,14H,4-5,10,13H2,1-3H3,(H,25,26,27)/t14-/m1/s1. The Labute approximate surface area is 170 Å². The highest BCUT2D eigenvalue weighted by atomic mass is 19.1. The van der Waals surface area contributed by atoms with Crippen molar-refractivity contribution in [1.82, 2.24) is 14.9 Å². The number of nitrogens with zero attached hydrogens (tertiary/aromatic N) is 3. The number of pyridine rings is 2. The predicted molar refractivity (Wildman–Crippen MR) is 113 cm³/mol. The molecule has 1 aliphatic heterocycles. The Hall–Kier alpha value is -3.02. The van der Waals surface area contributed by atoms with E-state index in [0.717, 1.165) is 37.0 Å². The summed E-state index contributed by atoms with van der Waals surface area (Å²) in [6, 6.07) is 8.77. The number of amides is 1. The van der Waals surface area contributed by atoms with Crippen LogP contribution in [0.4, 0.5) is 15.8 Å². The molecule has 0 unspecified atom stereocenters. The molecular formula is C23H25FN4O. The summed E-state index contributed by atoms with van der Waals surface area (Å²) < 4.78 is 14.1. The van der Waals surface area contributed by atoms with Crippen LogP contribution in [0.1, 0.15) is 41.4 Å². The first-order chi connectivity index (χ1) is 13.9. The number of nitrogens with one attached hydrogen (secondary N) is 1. The fourth-order valence-corrected chi connectivity index (χ4v) is 3.83. The van der Waals surface area contributed by atoms with Gasteiger partial charge in [0.05, 0.1) is 11.3 Å². The van der Waals surface area contributed by atoms with E-state index in [1.54, 1.807) is 19.2 Å². The number of rotatable bonds is 3. The van der Waals surface area contributed by atoms with Crippen molar-refractivity contribution in [2.75, 3.05) is 18.4 Å². The molecule has 1 N–H and O–H groups in total. The summed E-state index contributed by atoms with van der Waals surface area (Å²) in [6.07, 6.45) is 3.72. The largest absolute Gasteiger partial charge is 0.354 e. The van der Waals surface area contributed by atoms with Gasteiger partial charge in [-0.25, -0.2) is 14.4 Å². The van der Waals surface area contributed by atoms with Gasteiger partial charge in [0.2, 0.25) is 0 Å². The predicted octanol–water partition coefficient (Wildman–Crippen LogP) is 5.00. The first kappa shape index (κ1) is 19.3. The van der Waals surface area contributed by atoms with Crippen LogP contribution in [-0.2, 0) is 0 Å². The van der Waals surface area contributed by atoms with E-state index < -0.39 is 0 Å². The summed E-state index contributed by atoms with van der Waals surface area (Å²) in [7, 11) is 0. The third kappa shape index (κ3) is 3.92. The number of fused-ring (bicyclic) bond motifs is 1. The van der Waals surface area contributed by atoms with Gasteiger partial charge < -0.3 is 10.2 Å². The minimum absolute atomic E-state index is 0.0541. The van der Waals surface area contributed by atoms with Gasteiger partial charge in [-0.3, -0.25) is 4.79 Å². The Balaban J connectivity index is 1.80. The topological polar surface area (TPSA) is 58.1 Å². The summed E-state index contributed by atoms with van der Waals surface area (Å²) in [6.45, 7) is 7.27. The van der Waals surface area contributed by atoms with Crippen molar-refractivity contribution in [3.05, 3.63) is 59.2 Å². The summed E-state index contributed by atoms with van der Waals surface area (Å²) >= 11 is 0. The lowest BCUT2D eigenvalue weighted by Gasteiger charge is -2.31. The molecule has 0 spiro atoms. The van der Waals surface area contributed by atoms with Crippen molar-refractivity contribution in [3.8, 4) is 0 Å². The van der Waals surface area contributed by atoms with Crippen molar-refractivity contribution in [1.29, 1.82) is 0 Å². The van der Waals surface area contributed by atoms with Gasteiger partial charge in [0.25, 0.3) is 5.91 Å². The van der Waals surface area contributed by atoms with E-state index in [1.807, 2.05) is 30.0 Å². The molecule has 4 rings (SSSR count). The van der Waals surface area contributed by atoms with Gasteiger partial charge in [0, 0.05) is 36.1 Å². The first-order valence-corrected chi connectivity index (χ1v) is 10.0. The van der Waals surface area contributed by atoms with Crippen LogP contribution < -0.4 is 5.32 Å². The lowest BCUT2D eigenvalue weighted by atomic mass is 9.99. The molecule has 29 heavy (non-hydrogen) atoms. The zero-order valence-corrected chi connectivity index (χ0v) is 17.0. The van der Waals surface area contributed by atoms with E-state index in [1.165, 1.54) is 6.07 Å². The Morgan fingerprint density at radius 1 is 1.24 bits per heavy atom. The molecule has 1 amide bonds. The van der Waals surface area contributed by atoms with Crippen molar-refractivity contribution in [2.24, 2.45) is 5.92 Å². The van der Waals surface area contributed by atoms with Gasteiger partial charge in [-0.15, -0.1) is 0 Å². The zero-order chi connectivity index (χ0) is 20.5. The number of halogens is 1. The van der Waals surface area contributed by atoms with Crippen LogP contribution in [0.3, 0.4) is 0 Å². The first-order valence-electron chi connectivity index (χ1n) is 10.0. The Kier molecular flexibility index (Phi) is 5.18. The second-order valence-corrected chi connectivity index (χ2v) is 7.96. The number of anilines is 2. The molecule has 0 saturated carbocycles. The monoisotopic (exact) mass is 392 g/mol. The molecule has 1 saturated heterocycles. The van der Waals surface area contributed by atoms with Gasteiger partial charge in [-0.1, -0.05) is 13.0 Å². The number of hydrogen-bond acceptors (Lipinski definition) is 4. The number of piperidine rings is 1. The lowest BCUT2D eigenvalue weighted by molar-refractivity contribution is 0.0684. The van der Waals surface area contributed by atoms with Crippen molar-refractivity contribution in [3.63, 3.8) is 0 Å². The minimum atomic E-state index is -0.292. The quantitative estimate of drug-likeness (QED) is 0.681. The highest BCUT2D eigenvalue weighted by molar-refractivity contribution is 6.07. The molecule has 0 radical (unpaired) electrons. The summed E-state index contributed by atoms with van der Waals surface area (Å²) in [5.41, 5.74) is 3.67. The van der Waals surface area contributed by atoms with Crippen LogP contribution in [0.5, 0.6) is 0 Å². The summed E-state index contributed by atoms with van der Waals surface area (Å²) in [5, 5.41) is 4.01. The van der Waals surface area contributed by atoms with Gasteiger partial charge >= 0.3 is 0 Å². The smallest absolute Gasteiger partial charge is 0.257 e. The van der Waals surface area contributed by atoms with Crippen LogP contribution in [0.15, 0.2) is 36.5 Å². The van der Waals surface area contributed by atoms with E-state index in [-0.39, 0.29) is 11.7 Å². The van der Waals surface area contributed by atoms with E-state index in [0.29, 0.717) is 34.1 Å². The second-order valence-electron chi connectivity index (χ2n) is 7.96. The highest BCUT2D eigenvalue weighted by Gasteiger charge is 2.25. The van der Waals surface area contributed by atoms with Crippen molar-refractivity contribution >= 4 is 28.3 Å². The number of carbonyl (C=O) groups excluding carboxylic acids is 1. The number of likely N-dealkylation sites (tertiary alicyclic amines) is 1. The van der Waals surface area contributed by atoms with E-state index >= 15 is 0 Å². The van der Waals surface area contributed by atoms with Crippen LogP contribution >= 0.6 is 0 Å². The number of benzene rings is 1. The number of hydrogen-bond donors (Lipinski definition) is 1. The van der Waals surface area contributed by atoms with Crippen LogP contribution in [0, 0.1) is 25.6 Å². The van der Waals surface area contributed by atoms with Gasteiger partial charge in [-0.05, 0) is 62.4 Å². The van der Waals surface area contributed by atoms with Crippen molar-refractivity contribution < 1.29 is 9.18 Å². The molecule has 1 atom stereocenters. The molecule has 5 nitrogen and oxygen atoms in total. The average Bonchev–Trinajstić information content (AvgIpc) is 2.70. The fraction of sp³-hybridized carbons (Fsp3) is 0.348. The van der Waals surface area contributed by atoms with Gasteiger partial charge in [0.15, 0.2) is 5.65 Å². The van der Waals surface area contributed by atoms with E-state index in [9.17, 15) is 9.18 Å². The van der Waals surface area contributed by atoms with Crippen molar-refractivity contribution in [2.45, 2.75) is 33.6 Å². The maximum atomic E-state index is 14.1. The minimum Gasteiger partial charge on any atom is -0.354 e. The molecule has 1 aliphatic rings. The Morgan fingerprint density at radius 2 is 2.07 bits per heavy atom. The van der Waals surface area contributed by atoms with Crippen LogP contribution in [-0.4, -0.2) is 33.9 Å². The van der Waals surface area contributed by atoms with Crippen LogP contribution in [0.25, 0.3) is 11.0 Å².